The number of amides is 1. The van der Waals surface area contributed by atoms with Crippen LogP contribution >= 0.6 is 11.3 Å². The SMILES string of the molecule is C[C@H](O)[C@H](NC(=O)c1ccc(C#CC#Cc2ccc(CN3CCOCC3)s2)cc1)C(=O)CO. The molecule has 8 heteroatoms. The number of nitrogens with zero attached hydrogens (tertiary/aromatic N) is 1. The van der Waals surface area contributed by atoms with Gasteiger partial charge >= 0.3 is 0 Å². The minimum absolute atomic E-state index is 0.314. The van der Waals surface area contributed by atoms with Gasteiger partial charge in [0.2, 0.25) is 0 Å². The first-order valence-electron chi connectivity index (χ1n) is 10.6. The molecule has 1 aromatic heterocycles. The lowest BCUT2D eigenvalue weighted by Gasteiger charge is -2.25. The Morgan fingerprint density at radius 3 is 2.48 bits per heavy atom. The van der Waals surface area contributed by atoms with E-state index in [4.69, 9.17) is 9.84 Å². The lowest BCUT2D eigenvalue weighted by molar-refractivity contribution is -0.125. The summed E-state index contributed by atoms with van der Waals surface area (Å²) >= 11 is 1.66. The number of aliphatic hydroxyl groups is 2. The first-order chi connectivity index (χ1) is 16.0. The molecule has 2 aromatic rings. The molecule has 1 aliphatic heterocycles. The molecular formula is C25H26N2O5S. The number of hydrogen-bond donors (Lipinski definition) is 3. The van der Waals surface area contributed by atoms with Crippen molar-refractivity contribution in [3.05, 3.63) is 57.3 Å². The summed E-state index contributed by atoms with van der Waals surface area (Å²) in [6.45, 7) is 4.99. The average molecular weight is 467 g/mol. The van der Waals surface area contributed by atoms with Gasteiger partial charge in [0.25, 0.3) is 5.91 Å². The predicted molar refractivity (Wildman–Crippen MR) is 126 cm³/mol. The molecule has 0 unspecified atom stereocenters. The van der Waals surface area contributed by atoms with E-state index in [9.17, 15) is 14.7 Å². The van der Waals surface area contributed by atoms with Crippen LogP contribution in [0.3, 0.4) is 0 Å². The van der Waals surface area contributed by atoms with Crippen molar-refractivity contribution in [3.63, 3.8) is 0 Å². The molecule has 33 heavy (non-hydrogen) atoms. The Morgan fingerprint density at radius 2 is 1.82 bits per heavy atom. The minimum Gasteiger partial charge on any atom is -0.391 e. The molecule has 1 aliphatic rings. The maximum atomic E-state index is 12.3. The number of rotatable bonds is 7. The number of carbonyl (C=O) groups is 2. The molecule has 0 bridgehead atoms. The van der Waals surface area contributed by atoms with E-state index in [0.29, 0.717) is 11.1 Å². The zero-order valence-electron chi connectivity index (χ0n) is 18.3. The molecule has 1 aromatic carbocycles. The van der Waals surface area contributed by atoms with E-state index in [1.807, 2.05) is 6.07 Å². The van der Waals surface area contributed by atoms with Crippen LogP contribution in [0.2, 0.25) is 0 Å². The lowest BCUT2D eigenvalue weighted by atomic mass is 10.1. The van der Waals surface area contributed by atoms with Gasteiger partial charge in [-0.1, -0.05) is 5.92 Å². The molecule has 0 spiro atoms. The van der Waals surface area contributed by atoms with Crippen LogP contribution in [0.1, 0.15) is 32.6 Å². The highest BCUT2D eigenvalue weighted by molar-refractivity contribution is 7.12. The number of hydrogen-bond acceptors (Lipinski definition) is 7. The predicted octanol–water partition coefficient (Wildman–Crippen LogP) is 1.02. The van der Waals surface area contributed by atoms with Crippen LogP contribution in [0.25, 0.3) is 0 Å². The fraction of sp³-hybridized carbons (Fsp3) is 0.360. The van der Waals surface area contributed by atoms with Gasteiger partial charge in [0, 0.05) is 35.6 Å². The van der Waals surface area contributed by atoms with E-state index in [1.165, 1.54) is 11.8 Å². The highest BCUT2D eigenvalue weighted by Crippen LogP contribution is 2.18. The van der Waals surface area contributed by atoms with Crippen molar-refractivity contribution in [3.8, 4) is 23.7 Å². The van der Waals surface area contributed by atoms with Gasteiger partial charge in [-0.2, -0.15) is 0 Å². The van der Waals surface area contributed by atoms with Crippen molar-refractivity contribution in [2.24, 2.45) is 0 Å². The van der Waals surface area contributed by atoms with Crippen molar-refractivity contribution >= 4 is 23.0 Å². The number of morpholine rings is 1. The molecule has 0 aliphatic carbocycles. The fourth-order valence-corrected chi connectivity index (χ4v) is 4.11. The Hall–Kier alpha value is -2.98. The summed E-state index contributed by atoms with van der Waals surface area (Å²) in [6, 6.07) is 9.45. The smallest absolute Gasteiger partial charge is 0.251 e. The van der Waals surface area contributed by atoms with Crippen LogP contribution in [0, 0.1) is 23.7 Å². The summed E-state index contributed by atoms with van der Waals surface area (Å²) in [7, 11) is 0. The minimum atomic E-state index is -1.16. The van der Waals surface area contributed by atoms with Crippen LogP contribution in [0.5, 0.6) is 0 Å². The Balaban J connectivity index is 1.55. The number of benzene rings is 1. The van der Waals surface area contributed by atoms with E-state index in [0.717, 1.165) is 37.7 Å². The summed E-state index contributed by atoms with van der Waals surface area (Å²) in [5.74, 6) is 10.5. The van der Waals surface area contributed by atoms with E-state index in [2.05, 4.69) is 40.0 Å². The fourth-order valence-electron chi connectivity index (χ4n) is 3.20. The normalized spacial score (nSPS) is 15.4. The first kappa shape index (κ1) is 24.7. The molecule has 3 N–H and O–H groups in total. The Morgan fingerprint density at radius 1 is 1.12 bits per heavy atom. The maximum Gasteiger partial charge on any atom is 0.251 e. The van der Waals surface area contributed by atoms with Gasteiger partial charge in [0.15, 0.2) is 5.78 Å². The number of aliphatic hydroxyl groups excluding tert-OH is 2. The number of Topliss-reactive ketones (excluding diaryl/α,β-unsaturated/α-hetero) is 1. The molecule has 0 saturated carbocycles. The third-order valence-electron chi connectivity index (χ3n) is 5.02. The molecule has 0 radical (unpaired) electrons. The molecule has 2 heterocycles. The second-order valence-electron chi connectivity index (χ2n) is 7.55. The van der Waals surface area contributed by atoms with Gasteiger partial charge in [-0.25, -0.2) is 0 Å². The molecule has 2 atom stereocenters. The first-order valence-corrected chi connectivity index (χ1v) is 11.4. The summed E-state index contributed by atoms with van der Waals surface area (Å²) in [4.78, 5) is 28.6. The molecular weight excluding hydrogens is 440 g/mol. The van der Waals surface area contributed by atoms with Crippen molar-refractivity contribution < 1.29 is 24.5 Å². The second kappa shape index (κ2) is 12.3. The van der Waals surface area contributed by atoms with Crippen molar-refractivity contribution in [2.75, 3.05) is 32.9 Å². The topological polar surface area (TPSA) is 99.1 Å². The number of ether oxygens (including phenoxy) is 1. The van der Waals surface area contributed by atoms with Gasteiger partial charge in [-0.3, -0.25) is 14.5 Å². The largest absolute Gasteiger partial charge is 0.391 e. The summed E-state index contributed by atoms with van der Waals surface area (Å²) < 4.78 is 5.37. The van der Waals surface area contributed by atoms with Gasteiger partial charge in [-0.05, 0) is 61.1 Å². The van der Waals surface area contributed by atoms with Crippen LogP contribution in [-0.4, -0.2) is 71.9 Å². The third-order valence-corrected chi connectivity index (χ3v) is 6.00. The zero-order chi connectivity index (χ0) is 23.6. The third kappa shape index (κ3) is 7.54. The quantitative estimate of drug-likeness (QED) is 0.527. The standard InChI is InChI=1S/C25H26N2O5S/c1-18(29)24(23(30)17-28)26-25(31)20-8-6-19(7-9-20)4-2-3-5-21-10-11-22(33-21)16-27-12-14-32-15-13-27/h6-11,18,24,28-29H,12-17H2,1H3,(H,26,31)/t18-,24-/m0/s1. The van der Waals surface area contributed by atoms with Gasteiger partial charge in [0.05, 0.1) is 24.2 Å². The molecule has 1 saturated heterocycles. The second-order valence-corrected chi connectivity index (χ2v) is 8.72. The van der Waals surface area contributed by atoms with Gasteiger partial charge < -0.3 is 20.3 Å². The average Bonchev–Trinajstić information content (AvgIpc) is 3.27. The highest BCUT2D eigenvalue weighted by Gasteiger charge is 2.25. The van der Waals surface area contributed by atoms with E-state index < -0.39 is 30.4 Å². The highest BCUT2D eigenvalue weighted by atomic mass is 32.1. The number of thiophene rings is 1. The Bertz CT molecular complexity index is 1080. The Kier molecular flexibility index (Phi) is 9.20. The van der Waals surface area contributed by atoms with Crippen LogP contribution in [0.4, 0.5) is 0 Å². The van der Waals surface area contributed by atoms with Gasteiger partial charge in [-0.15, -0.1) is 11.3 Å². The number of nitrogens with one attached hydrogen (secondary N) is 1. The van der Waals surface area contributed by atoms with Crippen molar-refractivity contribution in [1.82, 2.24) is 10.2 Å². The monoisotopic (exact) mass is 466 g/mol. The number of carbonyl (C=O) groups excluding carboxylic acids is 2. The van der Waals surface area contributed by atoms with E-state index in [1.54, 1.807) is 35.6 Å². The van der Waals surface area contributed by atoms with Gasteiger partial charge in [0.1, 0.15) is 12.6 Å². The summed E-state index contributed by atoms with van der Waals surface area (Å²) in [5, 5.41) is 21.1. The zero-order valence-corrected chi connectivity index (χ0v) is 19.2. The molecule has 7 nitrogen and oxygen atoms in total. The van der Waals surface area contributed by atoms with Crippen molar-refractivity contribution in [2.45, 2.75) is 25.6 Å². The maximum absolute atomic E-state index is 12.3. The van der Waals surface area contributed by atoms with E-state index >= 15 is 0 Å². The lowest BCUT2D eigenvalue weighted by Crippen LogP contribution is -2.48. The van der Waals surface area contributed by atoms with Crippen molar-refractivity contribution in [1.29, 1.82) is 0 Å². The summed E-state index contributed by atoms with van der Waals surface area (Å²) in [5.41, 5.74) is 1.01. The van der Waals surface area contributed by atoms with Crippen LogP contribution in [0.15, 0.2) is 36.4 Å². The Labute approximate surface area is 197 Å². The summed E-state index contributed by atoms with van der Waals surface area (Å²) in [6.07, 6.45) is -1.11. The van der Waals surface area contributed by atoms with E-state index in [-0.39, 0.29) is 0 Å². The number of ketones is 1. The van der Waals surface area contributed by atoms with Crippen LogP contribution < -0.4 is 5.32 Å². The van der Waals surface area contributed by atoms with Crippen LogP contribution in [-0.2, 0) is 16.1 Å². The molecule has 1 fully saturated rings. The molecule has 3 rings (SSSR count). The molecule has 1 amide bonds. The molecule has 172 valence electrons.